The molecule has 0 bridgehead atoms. The molecule has 0 saturated heterocycles. The Morgan fingerprint density at radius 1 is 1.29 bits per heavy atom. The predicted octanol–water partition coefficient (Wildman–Crippen LogP) is 1.99. The molecule has 1 rings (SSSR count). The van der Waals surface area contributed by atoms with Crippen molar-refractivity contribution in [3.63, 3.8) is 0 Å². The van der Waals surface area contributed by atoms with Crippen molar-refractivity contribution in [3.05, 3.63) is 43.6 Å². The molecule has 1 aromatic rings. The molecule has 0 aliphatic rings. The molecular formula is C11H15N3. The van der Waals surface area contributed by atoms with Gasteiger partial charge in [-0.15, -0.1) is 6.58 Å². The van der Waals surface area contributed by atoms with E-state index < -0.39 is 0 Å². The van der Waals surface area contributed by atoms with Gasteiger partial charge < -0.3 is 16.4 Å². The second-order valence-electron chi connectivity index (χ2n) is 2.94. The second kappa shape index (κ2) is 4.37. The first-order chi connectivity index (χ1) is 6.69. The third kappa shape index (κ3) is 2.07. The molecule has 74 valence electrons. The van der Waals surface area contributed by atoms with E-state index in [-0.39, 0.29) is 0 Å². The number of rotatable bonds is 4. The van der Waals surface area contributed by atoms with E-state index in [1.54, 1.807) is 18.3 Å². The second-order valence-corrected chi connectivity index (χ2v) is 2.94. The highest BCUT2D eigenvalue weighted by Crippen LogP contribution is 2.25. The molecule has 4 N–H and O–H groups in total. The minimum atomic E-state index is 0.645. The lowest BCUT2D eigenvalue weighted by Crippen LogP contribution is -2.16. The lowest BCUT2D eigenvalue weighted by molar-refractivity contribution is 1.10. The molecule has 0 aromatic heterocycles. The first-order valence-corrected chi connectivity index (χ1v) is 4.34. The van der Waals surface area contributed by atoms with E-state index in [9.17, 15) is 0 Å². The predicted molar refractivity (Wildman–Crippen MR) is 63.0 cm³/mol. The summed E-state index contributed by atoms with van der Waals surface area (Å²) in [6.07, 6.45) is 3.50. The third-order valence-corrected chi connectivity index (χ3v) is 1.91. The Labute approximate surface area is 84.3 Å². The van der Waals surface area contributed by atoms with Crippen molar-refractivity contribution >= 4 is 17.1 Å². The standard InChI is InChI=1S/C11H15N3/c1-3-7-14(4-2)11-6-5-9(12)8-10(11)13/h3-6,8H,1-2,7,12-13H2. The lowest BCUT2D eigenvalue weighted by Gasteiger charge is -2.20. The van der Waals surface area contributed by atoms with Crippen LogP contribution >= 0.6 is 0 Å². The van der Waals surface area contributed by atoms with Crippen molar-refractivity contribution in [1.29, 1.82) is 0 Å². The van der Waals surface area contributed by atoms with Gasteiger partial charge in [0.25, 0.3) is 0 Å². The maximum atomic E-state index is 5.82. The Balaban J connectivity index is 3.03. The Morgan fingerprint density at radius 3 is 2.50 bits per heavy atom. The van der Waals surface area contributed by atoms with Gasteiger partial charge in [0.2, 0.25) is 0 Å². The van der Waals surface area contributed by atoms with E-state index in [4.69, 9.17) is 11.5 Å². The summed E-state index contributed by atoms with van der Waals surface area (Å²) in [7, 11) is 0. The van der Waals surface area contributed by atoms with Crippen molar-refractivity contribution < 1.29 is 0 Å². The van der Waals surface area contributed by atoms with Crippen LogP contribution in [-0.2, 0) is 0 Å². The first kappa shape index (κ1) is 10.2. The van der Waals surface area contributed by atoms with Gasteiger partial charge >= 0.3 is 0 Å². The van der Waals surface area contributed by atoms with E-state index in [1.165, 1.54) is 0 Å². The number of hydrogen-bond acceptors (Lipinski definition) is 3. The number of nitrogen functional groups attached to an aromatic ring is 2. The summed E-state index contributed by atoms with van der Waals surface area (Å²) in [4.78, 5) is 1.90. The third-order valence-electron chi connectivity index (χ3n) is 1.91. The zero-order valence-corrected chi connectivity index (χ0v) is 8.11. The zero-order valence-electron chi connectivity index (χ0n) is 8.11. The van der Waals surface area contributed by atoms with Gasteiger partial charge in [-0.2, -0.15) is 0 Å². The van der Waals surface area contributed by atoms with Crippen LogP contribution in [0, 0.1) is 0 Å². The van der Waals surface area contributed by atoms with Crippen molar-refractivity contribution in [2.75, 3.05) is 22.9 Å². The lowest BCUT2D eigenvalue weighted by atomic mass is 10.2. The van der Waals surface area contributed by atoms with Crippen molar-refractivity contribution in [2.45, 2.75) is 0 Å². The highest BCUT2D eigenvalue weighted by Gasteiger charge is 2.04. The number of nitrogens with two attached hydrogens (primary N) is 2. The fourth-order valence-electron chi connectivity index (χ4n) is 1.24. The van der Waals surface area contributed by atoms with Gasteiger partial charge in [-0.1, -0.05) is 12.7 Å². The van der Waals surface area contributed by atoms with Crippen LogP contribution in [-0.4, -0.2) is 6.54 Å². The first-order valence-electron chi connectivity index (χ1n) is 4.34. The normalized spacial score (nSPS) is 9.43. The average Bonchev–Trinajstić information content (AvgIpc) is 2.15. The van der Waals surface area contributed by atoms with Crippen LogP contribution in [0.5, 0.6) is 0 Å². The molecule has 0 saturated carbocycles. The van der Waals surface area contributed by atoms with Crippen LogP contribution in [0.25, 0.3) is 0 Å². The van der Waals surface area contributed by atoms with Gasteiger partial charge in [0, 0.05) is 12.2 Å². The molecule has 0 aliphatic carbocycles. The molecule has 0 spiro atoms. The van der Waals surface area contributed by atoms with Crippen LogP contribution in [0.15, 0.2) is 43.6 Å². The Hall–Kier alpha value is -1.90. The zero-order chi connectivity index (χ0) is 10.6. The number of nitrogens with zero attached hydrogens (tertiary/aromatic N) is 1. The Morgan fingerprint density at radius 2 is 2.00 bits per heavy atom. The van der Waals surface area contributed by atoms with Crippen LogP contribution < -0.4 is 16.4 Å². The SMILES string of the molecule is C=CCN(C=C)c1ccc(N)cc1N. The van der Waals surface area contributed by atoms with Gasteiger partial charge in [-0.3, -0.25) is 0 Å². The summed E-state index contributed by atoms with van der Waals surface area (Å²) in [6.45, 7) is 8.06. The topological polar surface area (TPSA) is 55.3 Å². The highest BCUT2D eigenvalue weighted by molar-refractivity contribution is 5.72. The summed E-state index contributed by atoms with van der Waals surface area (Å²) in [5.74, 6) is 0. The highest BCUT2D eigenvalue weighted by atomic mass is 15.1. The smallest absolute Gasteiger partial charge is 0.0644 e. The monoisotopic (exact) mass is 189 g/mol. The molecule has 0 amide bonds. The summed E-state index contributed by atoms with van der Waals surface area (Å²) in [5, 5.41) is 0. The fourth-order valence-corrected chi connectivity index (χ4v) is 1.24. The number of benzene rings is 1. The van der Waals surface area contributed by atoms with E-state index in [0.29, 0.717) is 17.9 Å². The van der Waals surface area contributed by atoms with E-state index in [2.05, 4.69) is 13.2 Å². The van der Waals surface area contributed by atoms with Crippen LogP contribution in [0.2, 0.25) is 0 Å². The quantitative estimate of drug-likeness (QED) is 0.562. The van der Waals surface area contributed by atoms with Crippen LogP contribution in [0.4, 0.5) is 17.1 Å². The number of anilines is 3. The van der Waals surface area contributed by atoms with E-state index in [0.717, 1.165) is 5.69 Å². The van der Waals surface area contributed by atoms with Gasteiger partial charge in [0.05, 0.1) is 11.4 Å². The summed E-state index contributed by atoms with van der Waals surface area (Å²) >= 11 is 0. The Kier molecular flexibility index (Phi) is 3.18. The fraction of sp³-hybridized carbons (Fsp3) is 0.0909. The summed E-state index contributed by atoms with van der Waals surface area (Å²) < 4.78 is 0. The van der Waals surface area contributed by atoms with Gasteiger partial charge in [-0.05, 0) is 24.4 Å². The summed E-state index contributed by atoms with van der Waals surface area (Å²) in [6, 6.07) is 5.41. The van der Waals surface area contributed by atoms with E-state index >= 15 is 0 Å². The van der Waals surface area contributed by atoms with Gasteiger partial charge in [0.1, 0.15) is 0 Å². The maximum absolute atomic E-state index is 5.82. The van der Waals surface area contributed by atoms with E-state index in [1.807, 2.05) is 17.0 Å². The van der Waals surface area contributed by atoms with Crippen LogP contribution in [0.3, 0.4) is 0 Å². The molecule has 1 aromatic carbocycles. The number of hydrogen-bond donors (Lipinski definition) is 2. The molecule has 3 nitrogen and oxygen atoms in total. The molecule has 14 heavy (non-hydrogen) atoms. The van der Waals surface area contributed by atoms with Crippen molar-refractivity contribution in [1.82, 2.24) is 0 Å². The molecule has 3 heteroatoms. The van der Waals surface area contributed by atoms with Crippen molar-refractivity contribution in [2.24, 2.45) is 0 Å². The minimum Gasteiger partial charge on any atom is -0.399 e. The summed E-state index contributed by atoms with van der Waals surface area (Å²) in [5.41, 5.74) is 13.6. The molecule has 0 aliphatic heterocycles. The molecule has 0 heterocycles. The largest absolute Gasteiger partial charge is 0.399 e. The average molecular weight is 189 g/mol. The minimum absolute atomic E-state index is 0.645. The molecule has 0 unspecified atom stereocenters. The molecular weight excluding hydrogens is 174 g/mol. The Bertz CT molecular complexity index is 344. The van der Waals surface area contributed by atoms with Gasteiger partial charge in [0.15, 0.2) is 0 Å². The molecule has 0 radical (unpaired) electrons. The van der Waals surface area contributed by atoms with Crippen LogP contribution in [0.1, 0.15) is 0 Å². The van der Waals surface area contributed by atoms with Crippen molar-refractivity contribution in [3.8, 4) is 0 Å². The molecule has 0 fully saturated rings. The molecule has 0 atom stereocenters. The maximum Gasteiger partial charge on any atom is 0.0644 e. The van der Waals surface area contributed by atoms with Gasteiger partial charge in [-0.25, -0.2) is 0 Å².